The fourth-order valence-corrected chi connectivity index (χ4v) is 2.25. The highest BCUT2D eigenvalue weighted by atomic mass is 15.2. The average molecular weight is 232 g/mol. The Morgan fingerprint density at radius 3 is 2.47 bits per heavy atom. The lowest BCUT2D eigenvalue weighted by Gasteiger charge is -2.42. The van der Waals surface area contributed by atoms with Crippen molar-refractivity contribution >= 4 is 5.69 Å². The zero-order valence-corrected chi connectivity index (χ0v) is 11.5. The fraction of sp³-hybridized carbons (Fsp3) is 0.600. The molecule has 1 heterocycles. The lowest BCUT2D eigenvalue weighted by Crippen LogP contribution is -2.52. The number of nitrogens with two attached hydrogens (primary N) is 1. The molecule has 0 fully saturated rings. The molecule has 0 atom stereocenters. The van der Waals surface area contributed by atoms with Crippen LogP contribution in [0.25, 0.3) is 0 Å². The highest BCUT2D eigenvalue weighted by molar-refractivity contribution is 5.58. The molecule has 0 saturated carbocycles. The molecule has 94 valence electrons. The van der Waals surface area contributed by atoms with Crippen molar-refractivity contribution in [2.45, 2.75) is 39.7 Å². The quantitative estimate of drug-likeness (QED) is 0.868. The maximum Gasteiger partial charge on any atom is 0.0399 e. The average Bonchev–Trinajstić information content (AvgIpc) is 2.60. The summed E-state index contributed by atoms with van der Waals surface area (Å²) in [5, 5.41) is 0. The summed E-state index contributed by atoms with van der Waals surface area (Å²) in [6.07, 6.45) is 1.16. The number of hydrogen-bond donors (Lipinski definition) is 1. The van der Waals surface area contributed by atoms with Gasteiger partial charge in [0.2, 0.25) is 0 Å². The van der Waals surface area contributed by atoms with Gasteiger partial charge in [-0.15, -0.1) is 0 Å². The molecule has 0 saturated heterocycles. The van der Waals surface area contributed by atoms with Gasteiger partial charge in [0.1, 0.15) is 0 Å². The van der Waals surface area contributed by atoms with Gasteiger partial charge >= 0.3 is 0 Å². The smallest absolute Gasteiger partial charge is 0.0399 e. The molecule has 0 bridgehead atoms. The summed E-state index contributed by atoms with van der Waals surface area (Å²) in [5.74, 6) is 0. The molecular weight excluding hydrogens is 208 g/mol. The van der Waals surface area contributed by atoms with Gasteiger partial charge in [-0.1, -0.05) is 32.0 Å². The molecule has 2 rings (SSSR count). The number of fused-ring (bicyclic) bond motifs is 1. The van der Waals surface area contributed by atoms with Gasteiger partial charge < -0.3 is 10.6 Å². The molecule has 0 aliphatic carbocycles. The molecule has 0 unspecified atom stereocenters. The maximum absolute atomic E-state index is 6.28. The van der Waals surface area contributed by atoms with Gasteiger partial charge in [-0.2, -0.15) is 0 Å². The summed E-state index contributed by atoms with van der Waals surface area (Å²) in [6.45, 7) is 10.9. The van der Waals surface area contributed by atoms with Gasteiger partial charge in [0.25, 0.3) is 0 Å². The normalized spacial score (nSPS) is 16.2. The van der Waals surface area contributed by atoms with Gasteiger partial charge in [-0.25, -0.2) is 0 Å². The molecule has 0 spiro atoms. The molecule has 2 heteroatoms. The number of hydrogen-bond acceptors (Lipinski definition) is 2. The number of rotatable bonds is 3. The van der Waals surface area contributed by atoms with E-state index in [9.17, 15) is 0 Å². The van der Waals surface area contributed by atoms with Crippen LogP contribution in [-0.4, -0.2) is 18.6 Å². The Hall–Kier alpha value is -1.02. The van der Waals surface area contributed by atoms with Crippen molar-refractivity contribution < 1.29 is 0 Å². The molecule has 0 aromatic heterocycles. The predicted molar refractivity (Wildman–Crippen MR) is 74.4 cm³/mol. The van der Waals surface area contributed by atoms with Crippen molar-refractivity contribution in [3.8, 4) is 0 Å². The first-order valence-corrected chi connectivity index (χ1v) is 6.43. The minimum absolute atomic E-state index is 0.102. The van der Waals surface area contributed by atoms with Crippen LogP contribution in [0, 0.1) is 5.41 Å². The van der Waals surface area contributed by atoms with Crippen LogP contribution in [0.2, 0.25) is 0 Å². The van der Waals surface area contributed by atoms with E-state index in [1.165, 1.54) is 11.3 Å². The van der Waals surface area contributed by atoms with Crippen LogP contribution in [0.15, 0.2) is 24.3 Å². The maximum atomic E-state index is 6.28. The molecule has 1 aliphatic rings. The largest absolute Gasteiger partial charge is 0.370 e. The van der Waals surface area contributed by atoms with E-state index in [-0.39, 0.29) is 11.0 Å². The van der Waals surface area contributed by atoms with Crippen molar-refractivity contribution in [1.82, 2.24) is 0 Å². The number of anilines is 1. The van der Waals surface area contributed by atoms with Crippen molar-refractivity contribution in [3.63, 3.8) is 0 Å². The van der Waals surface area contributed by atoms with Crippen LogP contribution in [0.1, 0.15) is 33.3 Å². The first-order valence-electron chi connectivity index (χ1n) is 6.43. The second kappa shape index (κ2) is 4.02. The number of benzene rings is 1. The molecule has 0 amide bonds. The topological polar surface area (TPSA) is 29.3 Å². The van der Waals surface area contributed by atoms with Gasteiger partial charge in [-0.05, 0) is 37.3 Å². The van der Waals surface area contributed by atoms with Crippen molar-refractivity contribution in [1.29, 1.82) is 0 Å². The number of nitrogens with zero attached hydrogens (tertiary/aromatic N) is 1. The third-order valence-corrected chi connectivity index (χ3v) is 4.31. The third kappa shape index (κ3) is 2.32. The van der Waals surface area contributed by atoms with Crippen LogP contribution in [0.3, 0.4) is 0 Å². The second-order valence-electron chi connectivity index (χ2n) is 6.41. The summed E-state index contributed by atoms with van der Waals surface area (Å²) in [6, 6.07) is 8.70. The molecular formula is C15H24N2. The Labute approximate surface area is 105 Å². The zero-order chi connectivity index (χ0) is 12.7. The highest BCUT2D eigenvalue weighted by Gasteiger charge is 2.36. The Bertz CT molecular complexity index is 402. The summed E-state index contributed by atoms with van der Waals surface area (Å²) in [4.78, 5) is 2.48. The molecule has 1 aliphatic heterocycles. The summed E-state index contributed by atoms with van der Waals surface area (Å²) < 4.78 is 0. The van der Waals surface area contributed by atoms with Crippen LogP contribution in [-0.2, 0) is 6.42 Å². The lowest BCUT2D eigenvalue weighted by molar-refractivity contribution is 0.208. The van der Waals surface area contributed by atoms with Crippen LogP contribution in [0.4, 0.5) is 5.69 Å². The standard InChI is InChI=1S/C15H24N2/c1-14(2,15(3,4)16)11-17-10-9-12-7-5-6-8-13(12)17/h5-8H,9-11,16H2,1-4H3. The minimum Gasteiger partial charge on any atom is -0.370 e. The molecule has 0 radical (unpaired) electrons. The summed E-state index contributed by atoms with van der Waals surface area (Å²) in [7, 11) is 0. The van der Waals surface area contributed by atoms with Crippen molar-refractivity contribution in [2.24, 2.45) is 11.1 Å². The highest BCUT2D eigenvalue weighted by Crippen LogP contribution is 2.34. The fourth-order valence-electron chi connectivity index (χ4n) is 2.25. The Morgan fingerprint density at radius 1 is 1.18 bits per heavy atom. The van der Waals surface area contributed by atoms with E-state index in [0.717, 1.165) is 19.5 Å². The zero-order valence-electron chi connectivity index (χ0n) is 11.5. The van der Waals surface area contributed by atoms with Crippen molar-refractivity contribution in [3.05, 3.63) is 29.8 Å². The van der Waals surface area contributed by atoms with Crippen LogP contribution >= 0.6 is 0 Å². The molecule has 1 aromatic rings. The van der Waals surface area contributed by atoms with Crippen LogP contribution < -0.4 is 10.6 Å². The summed E-state index contributed by atoms with van der Waals surface area (Å²) >= 11 is 0. The lowest BCUT2D eigenvalue weighted by atomic mass is 9.75. The molecule has 1 aromatic carbocycles. The van der Waals surface area contributed by atoms with E-state index in [4.69, 9.17) is 5.73 Å². The summed E-state index contributed by atoms with van der Waals surface area (Å²) in [5.41, 5.74) is 9.09. The van der Waals surface area contributed by atoms with Crippen LogP contribution in [0.5, 0.6) is 0 Å². The van der Waals surface area contributed by atoms with Gasteiger partial charge in [-0.3, -0.25) is 0 Å². The first-order chi connectivity index (χ1) is 7.81. The van der Waals surface area contributed by atoms with E-state index in [0.29, 0.717) is 0 Å². The van der Waals surface area contributed by atoms with E-state index in [1.807, 2.05) is 0 Å². The van der Waals surface area contributed by atoms with E-state index < -0.39 is 0 Å². The molecule has 17 heavy (non-hydrogen) atoms. The molecule has 2 nitrogen and oxygen atoms in total. The second-order valence-corrected chi connectivity index (χ2v) is 6.41. The van der Waals surface area contributed by atoms with Gasteiger partial charge in [0, 0.05) is 24.3 Å². The SMILES string of the molecule is CC(C)(N)C(C)(C)CN1CCc2ccccc21. The van der Waals surface area contributed by atoms with Gasteiger partial charge in [0.05, 0.1) is 0 Å². The van der Waals surface area contributed by atoms with E-state index in [2.05, 4.69) is 56.9 Å². The molecule has 2 N–H and O–H groups in total. The van der Waals surface area contributed by atoms with E-state index >= 15 is 0 Å². The Morgan fingerprint density at radius 2 is 1.82 bits per heavy atom. The number of para-hydroxylation sites is 1. The van der Waals surface area contributed by atoms with Crippen molar-refractivity contribution in [2.75, 3.05) is 18.0 Å². The van der Waals surface area contributed by atoms with Gasteiger partial charge in [0.15, 0.2) is 0 Å². The third-order valence-electron chi connectivity index (χ3n) is 4.31. The van der Waals surface area contributed by atoms with E-state index in [1.54, 1.807) is 0 Å². The minimum atomic E-state index is -0.162. The first kappa shape index (κ1) is 12.4. The Kier molecular flexibility index (Phi) is 2.94. The monoisotopic (exact) mass is 232 g/mol. The Balaban J connectivity index is 2.18. The predicted octanol–water partition coefficient (Wildman–Crippen LogP) is 2.81.